The number of terminal acetylenes is 1. The molecule has 0 heterocycles. The fourth-order valence-corrected chi connectivity index (χ4v) is 0.594. The predicted molar refractivity (Wildman–Crippen MR) is 45.1 cm³/mol. The summed E-state index contributed by atoms with van der Waals surface area (Å²) in [5, 5.41) is 0. The van der Waals surface area contributed by atoms with E-state index in [1.54, 1.807) is 0 Å². The molecule has 0 N–H and O–H groups in total. The van der Waals surface area contributed by atoms with Crippen LogP contribution in [-0.2, 0) is 9.47 Å². The zero-order chi connectivity index (χ0) is 8.53. The van der Waals surface area contributed by atoms with Crippen LogP contribution in [0.4, 0.5) is 0 Å². The first kappa shape index (κ1) is 10.5. The van der Waals surface area contributed by atoms with Gasteiger partial charge in [-0.2, -0.15) is 0 Å². The van der Waals surface area contributed by atoms with E-state index in [0.717, 1.165) is 12.8 Å². The van der Waals surface area contributed by atoms with Gasteiger partial charge in [-0.25, -0.2) is 0 Å². The monoisotopic (exact) mass is 156 g/mol. The van der Waals surface area contributed by atoms with Crippen molar-refractivity contribution in [1.29, 1.82) is 0 Å². The maximum Gasteiger partial charge on any atom is 0.222 e. The van der Waals surface area contributed by atoms with Crippen molar-refractivity contribution >= 4 is 0 Å². The Labute approximate surface area is 68.9 Å². The molecule has 0 saturated heterocycles. The van der Waals surface area contributed by atoms with E-state index < -0.39 is 6.29 Å². The molecule has 0 fully saturated rings. The highest BCUT2D eigenvalue weighted by atomic mass is 16.7. The number of rotatable bonds is 6. The predicted octanol–water partition coefficient (Wildman–Crippen LogP) is 1.80. The van der Waals surface area contributed by atoms with E-state index in [-0.39, 0.29) is 0 Å². The summed E-state index contributed by atoms with van der Waals surface area (Å²) < 4.78 is 10.4. The molecule has 64 valence electrons. The first-order valence-electron chi connectivity index (χ1n) is 4.04. The van der Waals surface area contributed by atoms with Gasteiger partial charge in [0.25, 0.3) is 0 Å². The Morgan fingerprint density at radius 2 is 1.64 bits per heavy atom. The summed E-state index contributed by atoms with van der Waals surface area (Å²) in [7, 11) is 0. The lowest BCUT2D eigenvalue weighted by Crippen LogP contribution is -2.15. The van der Waals surface area contributed by atoms with Gasteiger partial charge in [-0.3, -0.25) is 0 Å². The topological polar surface area (TPSA) is 18.5 Å². The van der Waals surface area contributed by atoms with E-state index in [1.807, 2.05) is 13.8 Å². The average Bonchev–Trinajstić information content (AvgIpc) is 2.05. The zero-order valence-electron chi connectivity index (χ0n) is 7.30. The van der Waals surface area contributed by atoms with Crippen LogP contribution in [0.25, 0.3) is 0 Å². The molecule has 0 rings (SSSR count). The minimum Gasteiger partial charge on any atom is -0.342 e. The molecule has 0 aliphatic rings. The van der Waals surface area contributed by atoms with Gasteiger partial charge in [-0.05, 0) is 18.8 Å². The normalized spacial score (nSPS) is 10.0. The van der Waals surface area contributed by atoms with E-state index in [0.29, 0.717) is 13.2 Å². The summed E-state index contributed by atoms with van der Waals surface area (Å²) in [4.78, 5) is 0. The molecule has 11 heavy (non-hydrogen) atoms. The molecule has 0 aromatic rings. The van der Waals surface area contributed by atoms with Gasteiger partial charge in [-0.15, -0.1) is 6.42 Å². The van der Waals surface area contributed by atoms with Gasteiger partial charge in [0.1, 0.15) is 0 Å². The van der Waals surface area contributed by atoms with Crippen LogP contribution in [0.2, 0.25) is 0 Å². The molecule has 0 atom stereocenters. The Hall–Kier alpha value is -0.520. The van der Waals surface area contributed by atoms with E-state index >= 15 is 0 Å². The summed E-state index contributed by atoms with van der Waals surface area (Å²) in [6, 6.07) is 0. The van der Waals surface area contributed by atoms with Crippen LogP contribution in [-0.4, -0.2) is 19.5 Å². The molecule has 0 aliphatic carbocycles. The summed E-state index contributed by atoms with van der Waals surface area (Å²) in [6.45, 7) is 5.40. The second-order valence-corrected chi connectivity index (χ2v) is 2.24. The fourth-order valence-electron chi connectivity index (χ4n) is 0.594. The van der Waals surface area contributed by atoms with Crippen molar-refractivity contribution in [1.82, 2.24) is 0 Å². The second kappa shape index (κ2) is 7.59. The minimum atomic E-state index is -0.449. The standard InChI is InChI=1S/C9H16O2/c1-4-7-10-9(6-3)11-8-5-2/h3,9H,4-5,7-8H2,1-2H3. The third kappa shape index (κ3) is 5.90. The largest absolute Gasteiger partial charge is 0.342 e. The second-order valence-electron chi connectivity index (χ2n) is 2.24. The van der Waals surface area contributed by atoms with Gasteiger partial charge in [0.2, 0.25) is 6.29 Å². The van der Waals surface area contributed by atoms with Gasteiger partial charge < -0.3 is 9.47 Å². The van der Waals surface area contributed by atoms with Crippen LogP contribution >= 0.6 is 0 Å². The van der Waals surface area contributed by atoms with Crippen molar-refractivity contribution in [2.75, 3.05) is 13.2 Å². The highest BCUT2D eigenvalue weighted by molar-refractivity contribution is 4.88. The first-order chi connectivity index (χ1) is 5.35. The number of ether oxygens (including phenoxy) is 2. The van der Waals surface area contributed by atoms with Gasteiger partial charge in [0.15, 0.2) is 0 Å². The van der Waals surface area contributed by atoms with Crippen molar-refractivity contribution < 1.29 is 9.47 Å². The lowest BCUT2D eigenvalue weighted by molar-refractivity contribution is -0.104. The zero-order valence-corrected chi connectivity index (χ0v) is 7.30. The summed E-state index contributed by atoms with van der Waals surface area (Å²) in [5.74, 6) is 2.43. The molecule has 0 radical (unpaired) electrons. The summed E-state index contributed by atoms with van der Waals surface area (Å²) >= 11 is 0. The van der Waals surface area contributed by atoms with Crippen LogP contribution in [0.3, 0.4) is 0 Å². The van der Waals surface area contributed by atoms with Gasteiger partial charge >= 0.3 is 0 Å². The smallest absolute Gasteiger partial charge is 0.222 e. The van der Waals surface area contributed by atoms with Gasteiger partial charge in [0.05, 0.1) is 13.2 Å². The van der Waals surface area contributed by atoms with E-state index in [9.17, 15) is 0 Å². The van der Waals surface area contributed by atoms with Crippen LogP contribution in [0.5, 0.6) is 0 Å². The lowest BCUT2D eigenvalue weighted by atomic mass is 10.5. The lowest BCUT2D eigenvalue weighted by Gasteiger charge is -2.11. The van der Waals surface area contributed by atoms with Crippen molar-refractivity contribution in [3.05, 3.63) is 0 Å². The van der Waals surface area contributed by atoms with E-state index in [4.69, 9.17) is 15.9 Å². The molecule has 0 aliphatic heterocycles. The fraction of sp³-hybridized carbons (Fsp3) is 0.778. The molecule has 0 spiro atoms. The van der Waals surface area contributed by atoms with Crippen molar-refractivity contribution in [3.8, 4) is 12.3 Å². The number of hydrogen-bond acceptors (Lipinski definition) is 2. The SMILES string of the molecule is C#CC(OCCC)OCCC. The molecule has 2 heteroatoms. The Morgan fingerprint density at radius 3 is 1.91 bits per heavy atom. The quantitative estimate of drug-likeness (QED) is 0.431. The van der Waals surface area contributed by atoms with Crippen LogP contribution in [0.15, 0.2) is 0 Å². The van der Waals surface area contributed by atoms with Crippen LogP contribution < -0.4 is 0 Å². The highest BCUT2D eigenvalue weighted by Gasteiger charge is 2.01. The van der Waals surface area contributed by atoms with E-state index in [2.05, 4.69) is 5.92 Å². The Bertz CT molecular complexity index is 107. The molecule has 0 amide bonds. The average molecular weight is 156 g/mol. The Morgan fingerprint density at radius 1 is 1.18 bits per heavy atom. The van der Waals surface area contributed by atoms with Crippen molar-refractivity contribution in [2.45, 2.75) is 33.0 Å². The van der Waals surface area contributed by atoms with E-state index in [1.165, 1.54) is 0 Å². The number of hydrogen-bond donors (Lipinski definition) is 0. The molecule has 0 saturated carbocycles. The van der Waals surface area contributed by atoms with Crippen LogP contribution in [0.1, 0.15) is 26.7 Å². The minimum absolute atomic E-state index is 0.449. The maximum absolute atomic E-state index is 5.18. The van der Waals surface area contributed by atoms with Crippen LogP contribution in [0, 0.1) is 12.3 Å². The summed E-state index contributed by atoms with van der Waals surface area (Å²) in [5.41, 5.74) is 0. The first-order valence-corrected chi connectivity index (χ1v) is 4.04. The Kier molecular flexibility index (Phi) is 7.23. The van der Waals surface area contributed by atoms with Crippen molar-refractivity contribution in [3.63, 3.8) is 0 Å². The van der Waals surface area contributed by atoms with Gasteiger partial charge in [-0.1, -0.05) is 13.8 Å². The molecular formula is C9H16O2. The molecule has 0 unspecified atom stereocenters. The Balaban J connectivity index is 3.35. The third-order valence-corrected chi connectivity index (χ3v) is 1.08. The molecule has 0 bridgehead atoms. The highest BCUT2D eigenvalue weighted by Crippen LogP contribution is 1.95. The molecular weight excluding hydrogens is 140 g/mol. The molecule has 0 aromatic carbocycles. The molecule has 2 nitrogen and oxygen atoms in total. The maximum atomic E-state index is 5.18. The van der Waals surface area contributed by atoms with Crippen molar-refractivity contribution in [2.24, 2.45) is 0 Å². The van der Waals surface area contributed by atoms with Gasteiger partial charge in [0, 0.05) is 0 Å². The summed E-state index contributed by atoms with van der Waals surface area (Å²) in [6.07, 6.45) is 6.64. The third-order valence-electron chi connectivity index (χ3n) is 1.08. The molecule has 0 aromatic heterocycles.